The summed E-state index contributed by atoms with van der Waals surface area (Å²) in [5.41, 5.74) is 0.688. The summed E-state index contributed by atoms with van der Waals surface area (Å²) in [7, 11) is 1.66. The van der Waals surface area contributed by atoms with Crippen LogP contribution >= 0.6 is 0 Å². The molecule has 4 fully saturated rings. The van der Waals surface area contributed by atoms with Gasteiger partial charge in [0, 0.05) is 49.9 Å². The van der Waals surface area contributed by atoms with E-state index in [-0.39, 0.29) is 24.2 Å². The summed E-state index contributed by atoms with van der Waals surface area (Å²) in [6.45, 7) is 4.20. The molecular formula is C27H36N2O5. The lowest BCUT2D eigenvalue weighted by atomic mass is 9.47. The molecule has 0 unspecified atom stereocenters. The van der Waals surface area contributed by atoms with Crippen molar-refractivity contribution in [3.05, 3.63) is 29.3 Å². The number of morpholine rings is 1. The van der Waals surface area contributed by atoms with Crippen molar-refractivity contribution in [2.24, 2.45) is 11.8 Å². The van der Waals surface area contributed by atoms with Gasteiger partial charge in [0.1, 0.15) is 11.5 Å². The van der Waals surface area contributed by atoms with Gasteiger partial charge in [-0.15, -0.1) is 0 Å². The molecule has 7 heteroatoms. The third-order valence-electron chi connectivity index (χ3n) is 9.36. The van der Waals surface area contributed by atoms with Crippen LogP contribution in [0.1, 0.15) is 49.7 Å². The molecule has 4 atom stereocenters. The van der Waals surface area contributed by atoms with E-state index in [9.17, 15) is 14.7 Å². The Kier molecular flexibility index (Phi) is 5.50. The van der Waals surface area contributed by atoms with Crippen LogP contribution in [-0.4, -0.2) is 84.7 Å². The zero-order valence-corrected chi connectivity index (χ0v) is 20.1. The number of carbonyl (C=O) groups excluding carboxylic acids is 2. The van der Waals surface area contributed by atoms with Gasteiger partial charge >= 0.3 is 0 Å². The molecular weight excluding hydrogens is 432 g/mol. The Morgan fingerprint density at radius 2 is 2.03 bits per heavy atom. The van der Waals surface area contributed by atoms with Crippen molar-refractivity contribution in [2.45, 2.75) is 62.0 Å². The van der Waals surface area contributed by atoms with Crippen LogP contribution < -0.4 is 4.74 Å². The molecule has 0 aromatic heterocycles. The minimum atomic E-state index is -1.02. The molecule has 2 heterocycles. The minimum absolute atomic E-state index is 0.0130. The highest BCUT2D eigenvalue weighted by atomic mass is 16.5. The van der Waals surface area contributed by atoms with Crippen LogP contribution in [0, 0.1) is 11.8 Å². The summed E-state index contributed by atoms with van der Waals surface area (Å²) in [5, 5.41) is 12.6. The second-order valence-electron chi connectivity index (χ2n) is 11.2. The van der Waals surface area contributed by atoms with Crippen LogP contribution in [0.2, 0.25) is 0 Å². The average Bonchev–Trinajstić information content (AvgIpc) is 3.66. The summed E-state index contributed by atoms with van der Waals surface area (Å²) >= 11 is 0. The van der Waals surface area contributed by atoms with Gasteiger partial charge in [-0.25, -0.2) is 0 Å². The van der Waals surface area contributed by atoms with Gasteiger partial charge in [-0.1, -0.05) is 6.07 Å². The number of likely N-dealkylation sites (tertiary alicyclic amines) is 1. The van der Waals surface area contributed by atoms with Crippen LogP contribution in [0.25, 0.3) is 0 Å². The number of hydrogen-bond donors (Lipinski definition) is 1. The summed E-state index contributed by atoms with van der Waals surface area (Å²) in [4.78, 5) is 30.9. The Morgan fingerprint density at radius 1 is 1.24 bits per heavy atom. The molecule has 7 nitrogen and oxygen atoms in total. The van der Waals surface area contributed by atoms with Crippen LogP contribution in [0.3, 0.4) is 0 Å². The zero-order valence-electron chi connectivity index (χ0n) is 20.1. The molecule has 1 aromatic carbocycles. The van der Waals surface area contributed by atoms with Crippen molar-refractivity contribution < 1.29 is 24.2 Å². The number of benzene rings is 1. The second-order valence-corrected chi connectivity index (χ2v) is 11.2. The highest BCUT2D eigenvalue weighted by molar-refractivity contribution is 5.89. The second kappa shape index (κ2) is 8.32. The molecule has 2 aliphatic heterocycles. The number of rotatable bonds is 5. The Morgan fingerprint density at radius 3 is 2.76 bits per heavy atom. The quantitative estimate of drug-likeness (QED) is 0.712. The first-order chi connectivity index (χ1) is 16.4. The fourth-order valence-corrected chi connectivity index (χ4v) is 7.30. The van der Waals surface area contributed by atoms with Crippen LogP contribution in [0.4, 0.5) is 0 Å². The maximum absolute atomic E-state index is 13.6. The molecule has 2 bridgehead atoms. The van der Waals surface area contributed by atoms with Crippen LogP contribution in [0.5, 0.6) is 5.75 Å². The largest absolute Gasteiger partial charge is 0.497 e. The van der Waals surface area contributed by atoms with Gasteiger partial charge in [0.15, 0.2) is 0 Å². The number of piperidine rings is 1. The number of methoxy groups -OCH3 is 1. The van der Waals surface area contributed by atoms with Gasteiger partial charge in [-0.2, -0.15) is 0 Å². The lowest BCUT2D eigenvalue weighted by molar-refractivity contribution is -0.183. The molecule has 2 saturated heterocycles. The Bertz CT molecular complexity index is 987. The molecule has 1 aromatic rings. The first-order valence-corrected chi connectivity index (χ1v) is 13.0. The van der Waals surface area contributed by atoms with Gasteiger partial charge < -0.3 is 19.5 Å². The molecule has 5 aliphatic rings. The Labute approximate surface area is 201 Å². The SMILES string of the molecule is COc1ccc2c(c1)[C@]13CCN(CC4CC4)[C@H](C2)[C@]1(O)C[C@H](CC(=O)N1CCOCC1)C(=O)C3. The van der Waals surface area contributed by atoms with E-state index in [1.807, 2.05) is 11.0 Å². The average molecular weight is 469 g/mol. The number of amides is 1. The monoisotopic (exact) mass is 468 g/mol. The Hall–Kier alpha value is -1.96. The number of ether oxygens (including phenoxy) is 2. The van der Waals surface area contributed by atoms with Crippen molar-refractivity contribution in [2.75, 3.05) is 46.5 Å². The molecule has 6 rings (SSSR count). The molecule has 184 valence electrons. The third kappa shape index (κ3) is 3.50. The number of ketones is 1. The summed E-state index contributed by atoms with van der Waals surface area (Å²) in [6, 6.07) is 6.16. The van der Waals surface area contributed by atoms with E-state index in [1.54, 1.807) is 7.11 Å². The van der Waals surface area contributed by atoms with Gasteiger partial charge in [0.25, 0.3) is 0 Å². The summed E-state index contributed by atoms with van der Waals surface area (Å²) < 4.78 is 10.9. The van der Waals surface area contributed by atoms with E-state index in [2.05, 4.69) is 17.0 Å². The number of hydrogen-bond acceptors (Lipinski definition) is 6. The van der Waals surface area contributed by atoms with E-state index in [4.69, 9.17) is 9.47 Å². The number of nitrogens with zero attached hydrogens (tertiary/aromatic N) is 2. The van der Waals surface area contributed by atoms with Gasteiger partial charge in [0.2, 0.25) is 5.91 Å². The first kappa shape index (κ1) is 22.5. The van der Waals surface area contributed by atoms with Gasteiger partial charge in [-0.05, 0) is 67.8 Å². The number of carbonyl (C=O) groups is 2. The van der Waals surface area contributed by atoms with Crippen molar-refractivity contribution in [3.8, 4) is 5.75 Å². The topological polar surface area (TPSA) is 79.3 Å². The maximum Gasteiger partial charge on any atom is 0.223 e. The molecule has 34 heavy (non-hydrogen) atoms. The third-order valence-corrected chi connectivity index (χ3v) is 9.36. The number of aliphatic hydroxyl groups is 1. The van der Waals surface area contributed by atoms with Crippen molar-refractivity contribution >= 4 is 11.7 Å². The zero-order chi connectivity index (χ0) is 23.5. The molecule has 1 amide bonds. The predicted octanol–water partition coefficient (Wildman–Crippen LogP) is 1.93. The maximum atomic E-state index is 13.6. The van der Waals surface area contributed by atoms with Crippen molar-refractivity contribution in [1.29, 1.82) is 0 Å². The number of Topliss-reactive ketones (excluding diaryl/α,β-unsaturated/α-hetero) is 1. The highest BCUT2D eigenvalue weighted by Crippen LogP contribution is 2.59. The Balaban J connectivity index is 1.35. The molecule has 3 aliphatic carbocycles. The first-order valence-electron chi connectivity index (χ1n) is 13.0. The summed E-state index contributed by atoms with van der Waals surface area (Å²) in [5.74, 6) is 1.21. The normalized spacial score (nSPS) is 35.5. The van der Waals surface area contributed by atoms with Crippen molar-refractivity contribution in [3.63, 3.8) is 0 Å². The van der Waals surface area contributed by atoms with E-state index >= 15 is 0 Å². The van der Waals surface area contributed by atoms with E-state index in [1.165, 1.54) is 18.4 Å². The fourth-order valence-electron chi connectivity index (χ4n) is 7.30. The standard InChI is InChI=1S/C27H36N2O5/c1-33-21-5-4-19-12-24-27(32)15-20(13-25(31)28-8-10-34-11-9-28)23(30)16-26(27,22(19)14-21)6-7-29(24)17-18-2-3-18/h4-5,14,18,20,24,32H,2-3,6-13,15-17H2,1H3/t20-,24+,26+,27+/m0/s1. The minimum Gasteiger partial charge on any atom is -0.497 e. The fraction of sp³-hybridized carbons (Fsp3) is 0.704. The van der Waals surface area contributed by atoms with E-state index in [0.717, 1.165) is 43.2 Å². The number of fused-ring (bicyclic) bond motifs is 1. The van der Waals surface area contributed by atoms with Crippen LogP contribution in [0.15, 0.2) is 18.2 Å². The van der Waals surface area contributed by atoms with Gasteiger partial charge in [0.05, 0.1) is 25.9 Å². The molecule has 0 radical (unpaired) electrons. The van der Waals surface area contributed by atoms with Gasteiger partial charge in [-0.3, -0.25) is 14.5 Å². The predicted molar refractivity (Wildman–Crippen MR) is 126 cm³/mol. The van der Waals surface area contributed by atoms with E-state index in [0.29, 0.717) is 39.1 Å². The van der Waals surface area contributed by atoms with E-state index < -0.39 is 16.9 Å². The van der Waals surface area contributed by atoms with Crippen molar-refractivity contribution in [1.82, 2.24) is 9.80 Å². The molecule has 0 spiro atoms. The molecule has 1 N–H and O–H groups in total. The lowest BCUT2D eigenvalue weighted by Crippen LogP contribution is -2.74. The van der Waals surface area contributed by atoms with Crippen LogP contribution in [-0.2, 0) is 26.2 Å². The smallest absolute Gasteiger partial charge is 0.223 e. The summed E-state index contributed by atoms with van der Waals surface area (Å²) in [6.07, 6.45) is 4.96. The highest BCUT2D eigenvalue weighted by Gasteiger charge is 2.66. The molecule has 2 saturated carbocycles. The lowest BCUT2D eigenvalue weighted by Gasteiger charge is -2.64.